The fourth-order valence-corrected chi connectivity index (χ4v) is 2.64. The number of ketones is 1. The summed E-state index contributed by atoms with van der Waals surface area (Å²) in [5.41, 5.74) is 3.19. The summed E-state index contributed by atoms with van der Waals surface area (Å²) in [7, 11) is 0. The number of anilines is 1. The highest BCUT2D eigenvalue weighted by atomic mass is 16.5. The van der Waals surface area contributed by atoms with E-state index >= 15 is 0 Å². The lowest BCUT2D eigenvalue weighted by Crippen LogP contribution is -2.20. The summed E-state index contributed by atoms with van der Waals surface area (Å²) in [6.07, 6.45) is 1.23. The van der Waals surface area contributed by atoms with Crippen LogP contribution in [-0.4, -0.2) is 18.3 Å². The van der Waals surface area contributed by atoms with E-state index in [1.165, 1.54) is 0 Å². The van der Waals surface area contributed by atoms with Crippen LogP contribution in [0.3, 0.4) is 0 Å². The number of carbonyl (C=O) groups excluding carboxylic acids is 2. The Bertz CT molecular complexity index is 998. The van der Waals surface area contributed by atoms with Gasteiger partial charge in [-0.05, 0) is 67.4 Å². The third kappa shape index (κ3) is 6.98. The molecule has 1 N–H and O–H groups in total. The smallest absolute Gasteiger partial charge is 0.262 e. The monoisotopic (exact) mass is 401 g/mol. The van der Waals surface area contributed by atoms with Crippen LogP contribution in [0.5, 0.6) is 5.75 Å². The Balaban J connectivity index is 1.45. The normalized spacial score (nSPS) is 10.7. The first-order valence-corrected chi connectivity index (χ1v) is 9.66. The number of benzene rings is 3. The molecule has 0 fully saturated rings. The molecule has 6 nitrogen and oxygen atoms in total. The highest BCUT2D eigenvalue weighted by molar-refractivity contribution is 5.92. The highest BCUT2D eigenvalue weighted by Crippen LogP contribution is 2.20. The lowest BCUT2D eigenvalue weighted by Gasteiger charge is -2.08. The number of aryl methyl sites for hydroxylation is 1. The van der Waals surface area contributed by atoms with Gasteiger partial charge in [-0.2, -0.15) is 10.2 Å². The van der Waals surface area contributed by atoms with Gasteiger partial charge in [0.05, 0.1) is 11.4 Å². The van der Waals surface area contributed by atoms with E-state index in [0.29, 0.717) is 30.0 Å². The van der Waals surface area contributed by atoms with E-state index in [0.717, 1.165) is 11.3 Å². The van der Waals surface area contributed by atoms with Gasteiger partial charge in [0.1, 0.15) is 11.5 Å². The molecule has 0 spiro atoms. The fraction of sp³-hybridized carbons (Fsp3) is 0.167. The Morgan fingerprint density at radius 2 is 1.47 bits per heavy atom. The molecule has 0 saturated carbocycles. The average molecular weight is 401 g/mol. The summed E-state index contributed by atoms with van der Waals surface area (Å²) in [6.45, 7) is 1.49. The minimum Gasteiger partial charge on any atom is -0.484 e. The summed E-state index contributed by atoms with van der Waals surface area (Å²) < 4.78 is 5.52. The summed E-state index contributed by atoms with van der Waals surface area (Å²) in [4.78, 5) is 23.2. The molecule has 3 aromatic carbocycles. The Labute approximate surface area is 175 Å². The Hall–Kier alpha value is -3.80. The maximum atomic E-state index is 12.1. The van der Waals surface area contributed by atoms with Gasteiger partial charge in [-0.1, -0.05) is 30.3 Å². The van der Waals surface area contributed by atoms with Crippen LogP contribution in [0.1, 0.15) is 18.9 Å². The van der Waals surface area contributed by atoms with Crippen molar-refractivity contribution in [2.45, 2.75) is 19.8 Å². The van der Waals surface area contributed by atoms with Gasteiger partial charge in [0, 0.05) is 12.1 Å². The van der Waals surface area contributed by atoms with Gasteiger partial charge in [0.15, 0.2) is 6.61 Å². The second kappa shape index (κ2) is 10.7. The first kappa shape index (κ1) is 20.9. The van der Waals surface area contributed by atoms with Crippen molar-refractivity contribution in [3.05, 3.63) is 84.4 Å². The first-order valence-electron chi connectivity index (χ1n) is 9.66. The number of nitrogens with one attached hydrogen (secondary N) is 1. The Kier molecular flexibility index (Phi) is 7.44. The number of nitrogens with zero attached hydrogens (tertiary/aromatic N) is 2. The molecule has 1 amide bonds. The van der Waals surface area contributed by atoms with E-state index in [9.17, 15) is 9.59 Å². The summed E-state index contributed by atoms with van der Waals surface area (Å²) >= 11 is 0. The minimum atomic E-state index is -0.255. The molecule has 0 unspecified atom stereocenters. The van der Waals surface area contributed by atoms with E-state index < -0.39 is 0 Å². The molecule has 0 heterocycles. The van der Waals surface area contributed by atoms with Crippen LogP contribution < -0.4 is 10.1 Å². The summed E-state index contributed by atoms with van der Waals surface area (Å²) in [5, 5.41) is 11.1. The fourth-order valence-electron chi connectivity index (χ4n) is 2.64. The van der Waals surface area contributed by atoms with Gasteiger partial charge < -0.3 is 14.8 Å². The van der Waals surface area contributed by atoms with Gasteiger partial charge in [-0.3, -0.25) is 4.79 Å². The standard InChI is InChI=1S/C24H23N3O3/c1-18(28)7-8-19-9-15-23(16-10-19)30-17-24(29)25-20-11-13-22(14-12-20)27-26-21-5-3-2-4-6-21/h2-6,9-16H,7-8,17H2,1H3,(H,25,29). The number of ether oxygens (including phenoxy) is 1. The topological polar surface area (TPSA) is 80.1 Å². The molecule has 0 aliphatic rings. The third-order valence-electron chi connectivity index (χ3n) is 4.25. The van der Waals surface area contributed by atoms with Crippen molar-refractivity contribution in [3.63, 3.8) is 0 Å². The number of carbonyl (C=O) groups is 2. The van der Waals surface area contributed by atoms with Gasteiger partial charge in [-0.25, -0.2) is 0 Å². The van der Waals surface area contributed by atoms with Crippen LogP contribution >= 0.6 is 0 Å². The summed E-state index contributed by atoms with van der Waals surface area (Å²) in [5.74, 6) is 0.516. The van der Waals surface area contributed by atoms with Gasteiger partial charge in [-0.15, -0.1) is 0 Å². The number of hydrogen-bond acceptors (Lipinski definition) is 5. The van der Waals surface area contributed by atoms with Crippen molar-refractivity contribution in [3.8, 4) is 5.75 Å². The SMILES string of the molecule is CC(=O)CCc1ccc(OCC(=O)Nc2ccc(N=Nc3ccccc3)cc2)cc1. The molecule has 0 atom stereocenters. The van der Waals surface area contributed by atoms with Crippen LogP contribution in [0, 0.1) is 0 Å². The molecule has 0 aliphatic carbocycles. The molecule has 152 valence electrons. The maximum Gasteiger partial charge on any atom is 0.262 e. The third-order valence-corrected chi connectivity index (χ3v) is 4.25. The molecule has 0 saturated heterocycles. The van der Waals surface area contributed by atoms with Crippen LogP contribution in [-0.2, 0) is 16.0 Å². The Morgan fingerprint density at radius 1 is 0.833 bits per heavy atom. The van der Waals surface area contributed by atoms with Crippen LogP contribution in [0.25, 0.3) is 0 Å². The van der Waals surface area contributed by atoms with Crippen molar-refractivity contribution in [1.82, 2.24) is 0 Å². The number of amides is 1. The number of azo groups is 1. The zero-order chi connectivity index (χ0) is 21.2. The van der Waals surface area contributed by atoms with Crippen molar-refractivity contribution >= 4 is 28.8 Å². The average Bonchev–Trinajstić information content (AvgIpc) is 2.77. The molecule has 0 aliphatic heterocycles. The number of Topliss-reactive ketones (excluding diaryl/α,β-unsaturated/α-hetero) is 1. The van der Waals surface area contributed by atoms with E-state index in [1.54, 1.807) is 43.3 Å². The quantitative estimate of drug-likeness (QED) is 0.471. The second-order valence-electron chi connectivity index (χ2n) is 6.77. The minimum absolute atomic E-state index is 0.0950. The number of rotatable bonds is 9. The lowest BCUT2D eigenvalue weighted by atomic mass is 10.1. The van der Waals surface area contributed by atoms with Crippen LogP contribution in [0.4, 0.5) is 17.1 Å². The summed E-state index contributed by atoms with van der Waals surface area (Å²) in [6, 6.07) is 24.0. The van der Waals surface area contributed by atoms with Gasteiger partial charge >= 0.3 is 0 Å². The first-order chi connectivity index (χ1) is 14.6. The highest BCUT2D eigenvalue weighted by Gasteiger charge is 2.05. The molecule has 0 radical (unpaired) electrons. The van der Waals surface area contributed by atoms with Gasteiger partial charge in [0.25, 0.3) is 5.91 Å². The molecule has 30 heavy (non-hydrogen) atoms. The molecular formula is C24H23N3O3. The molecular weight excluding hydrogens is 378 g/mol. The van der Waals surface area contributed by atoms with E-state index in [2.05, 4.69) is 15.5 Å². The van der Waals surface area contributed by atoms with Crippen molar-refractivity contribution < 1.29 is 14.3 Å². The van der Waals surface area contributed by atoms with Crippen molar-refractivity contribution in [1.29, 1.82) is 0 Å². The molecule has 0 aromatic heterocycles. The molecule has 3 aromatic rings. The van der Waals surface area contributed by atoms with Crippen LogP contribution in [0.15, 0.2) is 89.1 Å². The predicted octanol–water partition coefficient (Wildman–Crippen LogP) is 5.64. The van der Waals surface area contributed by atoms with E-state index in [1.807, 2.05) is 42.5 Å². The van der Waals surface area contributed by atoms with Crippen molar-refractivity contribution in [2.24, 2.45) is 10.2 Å². The predicted molar refractivity (Wildman–Crippen MR) is 117 cm³/mol. The van der Waals surface area contributed by atoms with Crippen LogP contribution in [0.2, 0.25) is 0 Å². The lowest BCUT2D eigenvalue weighted by molar-refractivity contribution is -0.118. The van der Waals surface area contributed by atoms with E-state index in [4.69, 9.17) is 4.74 Å². The number of hydrogen-bond donors (Lipinski definition) is 1. The molecule has 0 bridgehead atoms. The van der Waals surface area contributed by atoms with Crippen molar-refractivity contribution in [2.75, 3.05) is 11.9 Å². The maximum absolute atomic E-state index is 12.1. The zero-order valence-corrected chi connectivity index (χ0v) is 16.7. The Morgan fingerprint density at radius 3 is 2.10 bits per heavy atom. The zero-order valence-electron chi connectivity index (χ0n) is 16.7. The largest absolute Gasteiger partial charge is 0.484 e. The molecule has 3 rings (SSSR count). The van der Waals surface area contributed by atoms with E-state index in [-0.39, 0.29) is 18.3 Å². The van der Waals surface area contributed by atoms with Gasteiger partial charge in [0.2, 0.25) is 0 Å². The second-order valence-corrected chi connectivity index (χ2v) is 6.77. The molecule has 6 heteroatoms.